The van der Waals surface area contributed by atoms with E-state index in [0.29, 0.717) is 17.2 Å². The minimum Gasteiger partial charge on any atom is -0.465 e. The van der Waals surface area contributed by atoms with Crippen molar-refractivity contribution < 1.29 is 9.53 Å². The van der Waals surface area contributed by atoms with E-state index in [-0.39, 0.29) is 0 Å². The molecule has 0 unspecified atom stereocenters. The van der Waals surface area contributed by atoms with Crippen molar-refractivity contribution in [2.24, 2.45) is 0 Å². The van der Waals surface area contributed by atoms with Crippen LogP contribution in [0.5, 0.6) is 0 Å². The number of carbonyl (C=O) groups is 1. The van der Waals surface area contributed by atoms with E-state index >= 15 is 0 Å². The number of rotatable bonds is 4. The topological polar surface area (TPSA) is 74.2 Å². The summed E-state index contributed by atoms with van der Waals surface area (Å²) in [5.74, 6) is -0.402. The Labute approximate surface area is 119 Å². The van der Waals surface area contributed by atoms with Gasteiger partial charge in [0.05, 0.1) is 12.7 Å². The summed E-state index contributed by atoms with van der Waals surface area (Å²) in [6.45, 7) is 3.92. The first-order valence-corrected chi connectivity index (χ1v) is 6.86. The van der Waals surface area contributed by atoms with Gasteiger partial charge in [-0.25, -0.2) is 4.79 Å². The van der Waals surface area contributed by atoms with Crippen LogP contribution < -0.4 is 10.6 Å². The first-order chi connectivity index (χ1) is 9.65. The molecule has 20 heavy (non-hydrogen) atoms. The zero-order chi connectivity index (χ0) is 14.5. The average molecular weight is 275 g/mol. The number of aryl methyl sites for hydroxylation is 1. The number of ether oxygens (including phenoxy) is 1. The zero-order valence-corrected chi connectivity index (χ0v) is 12.0. The third-order valence-corrected chi connectivity index (χ3v) is 3.57. The Hall–Kier alpha value is -1.88. The van der Waals surface area contributed by atoms with Gasteiger partial charge in [0.25, 0.3) is 0 Å². The highest BCUT2D eigenvalue weighted by atomic mass is 16.5. The van der Waals surface area contributed by atoms with E-state index in [2.05, 4.69) is 10.6 Å². The minimum atomic E-state index is -0.402. The molecule has 0 aromatic heterocycles. The molecular formula is C15H21N3O2. The summed E-state index contributed by atoms with van der Waals surface area (Å²) in [6, 6.07) is 4.12. The summed E-state index contributed by atoms with van der Waals surface area (Å²) in [5.41, 5.74) is 2.86. The Bertz CT molecular complexity index is 508. The molecule has 0 amide bonds. The molecule has 5 heteroatoms. The first-order valence-electron chi connectivity index (χ1n) is 6.86. The number of nitrogens with one attached hydrogen (secondary N) is 3. The van der Waals surface area contributed by atoms with Gasteiger partial charge < -0.3 is 20.8 Å². The maximum atomic E-state index is 11.8. The SMILES string of the molecule is COC(=O)c1cc(C)cc(NC2CCNCC2)c1C=N. The van der Waals surface area contributed by atoms with Crippen molar-refractivity contribution in [3.8, 4) is 0 Å². The Morgan fingerprint density at radius 1 is 1.45 bits per heavy atom. The molecule has 0 aliphatic carbocycles. The molecule has 3 N–H and O–H groups in total. The number of hydrogen-bond acceptors (Lipinski definition) is 5. The van der Waals surface area contributed by atoms with Crippen LogP contribution in [-0.4, -0.2) is 38.4 Å². The van der Waals surface area contributed by atoms with Gasteiger partial charge in [-0.2, -0.15) is 0 Å². The van der Waals surface area contributed by atoms with Crippen LogP contribution in [0.3, 0.4) is 0 Å². The van der Waals surface area contributed by atoms with Gasteiger partial charge >= 0.3 is 5.97 Å². The number of anilines is 1. The van der Waals surface area contributed by atoms with Crippen molar-refractivity contribution in [2.45, 2.75) is 25.8 Å². The van der Waals surface area contributed by atoms with Crippen molar-refractivity contribution in [3.05, 3.63) is 28.8 Å². The lowest BCUT2D eigenvalue weighted by atomic mass is 10.0. The van der Waals surface area contributed by atoms with E-state index in [1.54, 1.807) is 6.07 Å². The highest BCUT2D eigenvalue weighted by Gasteiger charge is 2.18. The van der Waals surface area contributed by atoms with Crippen molar-refractivity contribution in [2.75, 3.05) is 25.5 Å². The molecule has 5 nitrogen and oxygen atoms in total. The second-order valence-electron chi connectivity index (χ2n) is 5.08. The molecule has 1 fully saturated rings. The normalized spacial score (nSPS) is 15.7. The van der Waals surface area contributed by atoms with Gasteiger partial charge in [0, 0.05) is 23.5 Å². The summed E-state index contributed by atoms with van der Waals surface area (Å²) < 4.78 is 4.80. The average Bonchev–Trinajstić information content (AvgIpc) is 2.47. The van der Waals surface area contributed by atoms with E-state index < -0.39 is 5.97 Å². The highest BCUT2D eigenvalue weighted by Crippen LogP contribution is 2.24. The summed E-state index contributed by atoms with van der Waals surface area (Å²) >= 11 is 0. The number of esters is 1. The van der Waals surface area contributed by atoms with E-state index in [1.807, 2.05) is 13.0 Å². The molecule has 108 valence electrons. The van der Waals surface area contributed by atoms with Crippen molar-refractivity contribution in [3.63, 3.8) is 0 Å². The molecule has 1 aromatic rings. The summed E-state index contributed by atoms with van der Waals surface area (Å²) in [6.07, 6.45) is 3.30. The Morgan fingerprint density at radius 3 is 2.75 bits per heavy atom. The maximum Gasteiger partial charge on any atom is 0.338 e. The largest absolute Gasteiger partial charge is 0.465 e. The molecular weight excluding hydrogens is 254 g/mol. The number of carbonyl (C=O) groups excluding carboxylic acids is 1. The quantitative estimate of drug-likeness (QED) is 0.580. The van der Waals surface area contributed by atoms with Crippen LogP contribution in [0.25, 0.3) is 0 Å². The van der Waals surface area contributed by atoms with Crippen LogP contribution in [0.4, 0.5) is 5.69 Å². The summed E-state index contributed by atoms with van der Waals surface area (Å²) in [5, 5.41) is 14.4. The van der Waals surface area contributed by atoms with Gasteiger partial charge in [-0.05, 0) is 50.6 Å². The number of methoxy groups -OCH3 is 1. The van der Waals surface area contributed by atoms with Crippen LogP contribution in [-0.2, 0) is 4.74 Å². The van der Waals surface area contributed by atoms with Crippen LogP contribution in [0, 0.1) is 12.3 Å². The lowest BCUT2D eigenvalue weighted by Crippen LogP contribution is -2.35. The highest BCUT2D eigenvalue weighted by molar-refractivity contribution is 6.02. The fourth-order valence-electron chi connectivity index (χ4n) is 2.54. The second kappa shape index (κ2) is 6.52. The Balaban J connectivity index is 2.33. The lowest BCUT2D eigenvalue weighted by Gasteiger charge is -2.26. The molecule has 0 atom stereocenters. The Kier molecular flexibility index (Phi) is 4.74. The van der Waals surface area contributed by atoms with Gasteiger partial charge in [0.15, 0.2) is 0 Å². The van der Waals surface area contributed by atoms with Crippen LogP contribution in [0.2, 0.25) is 0 Å². The Morgan fingerprint density at radius 2 is 2.15 bits per heavy atom. The van der Waals surface area contributed by atoms with Crippen LogP contribution in [0.1, 0.15) is 34.3 Å². The molecule has 0 saturated carbocycles. The number of piperidine rings is 1. The lowest BCUT2D eigenvalue weighted by molar-refractivity contribution is 0.0600. The third-order valence-electron chi connectivity index (χ3n) is 3.57. The predicted molar refractivity (Wildman–Crippen MR) is 79.9 cm³/mol. The smallest absolute Gasteiger partial charge is 0.338 e. The van der Waals surface area contributed by atoms with Gasteiger partial charge in [-0.1, -0.05) is 0 Å². The molecule has 0 bridgehead atoms. The van der Waals surface area contributed by atoms with E-state index in [9.17, 15) is 4.79 Å². The molecule has 1 aliphatic heterocycles. The van der Waals surface area contributed by atoms with Crippen molar-refractivity contribution in [1.82, 2.24) is 5.32 Å². The fourth-order valence-corrected chi connectivity index (χ4v) is 2.54. The van der Waals surface area contributed by atoms with Crippen LogP contribution >= 0.6 is 0 Å². The molecule has 0 radical (unpaired) electrons. The number of hydrogen-bond donors (Lipinski definition) is 3. The van der Waals surface area contributed by atoms with E-state index in [4.69, 9.17) is 10.1 Å². The standard InChI is InChI=1S/C15H21N3O2/c1-10-7-12(15(19)20-2)13(9-16)14(8-10)18-11-3-5-17-6-4-11/h7-9,11,16-18H,3-6H2,1-2H3. The molecule has 1 saturated heterocycles. The van der Waals surface area contributed by atoms with Gasteiger partial charge in [0.1, 0.15) is 0 Å². The van der Waals surface area contributed by atoms with Gasteiger partial charge in [-0.3, -0.25) is 0 Å². The van der Waals surface area contributed by atoms with Crippen molar-refractivity contribution >= 4 is 17.9 Å². The zero-order valence-electron chi connectivity index (χ0n) is 12.0. The minimum absolute atomic E-state index is 0.377. The van der Waals surface area contributed by atoms with Gasteiger partial charge in [0.2, 0.25) is 0 Å². The maximum absolute atomic E-state index is 11.8. The second-order valence-corrected chi connectivity index (χ2v) is 5.08. The monoisotopic (exact) mass is 275 g/mol. The third kappa shape index (κ3) is 3.17. The molecule has 1 heterocycles. The molecule has 0 spiro atoms. The summed E-state index contributed by atoms with van der Waals surface area (Å²) in [7, 11) is 1.36. The predicted octanol–water partition coefficient (Wildman–Crippen LogP) is 1.94. The van der Waals surface area contributed by atoms with E-state index in [0.717, 1.165) is 37.2 Å². The fraction of sp³-hybridized carbons (Fsp3) is 0.467. The van der Waals surface area contributed by atoms with Crippen LogP contribution in [0.15, 0.2) is 12.1 Å². The summed E-state index contributed by atoms with van der Waals surface area (Å²) in [4.78, 5) is 11.8. The molecule has 1 aliphatic rings. The molecule has 1 aromatic carbocycles. The van der Waals surface area contributed by atoms with Gasteiger partial charge in [-0.15, -0.1) is 0 Å². The van der Waals surface area contributed by atoms with E-state index in [1.165, 1.54) is 13.3 Å². The first kappa shape index (κ1) is 14.5. The number of benzene rings is 1. The molecule has 2 rings (SSSR count). The van der Waals surface area contributed by atoms with Crippen molar-refractivity contribution in [1.29, 1.82) is 5.41 Å².